The van der Waals surface area contributed by atoms with Gasteiger partial charge < -0.3 is 19.4 Å². The number of fused-ring (bicyclic) bond motifs is 3. The molecular formula is C29H34N3O6S2-. The Morgan fingerprint density at radius 3 is 2.35 bits per heavy atom. The van der Waals surface area contributed by atoms with Crippen molar-refractivity contribution in [3.8, 4) is 0 Å². The SMILES string of the molecule is O=C(O)C(CCCCN(S)C(=O)NC12CC3CC(CC(C3)C1)C2)N(c1ccc2oc3ccccc3c2c1)S(=O)[O-]. The second-order valence-corrected chi connectivity index (χ2v) is 13.2. The van der Waals surface area contributed by atoms with Crippen molar-refractivity contribution in [1.29, 1.82) is 0 Å². The fraction of sp³-hybridized carbons (Fsp3) is 0.517. The molecule has 4 fully saturated rings. The number of aliphatic carboxylic acids is 1. The molecule has 2 unspecified atom stereocenters. The molecule has 1 heterocycles. The number of carbonyl (C=O) groups is 2. The number of benzene rings is 2. The van der Waals surface area contributed by atoms with E-state index < -0.39 is 23.3 Å². The molecule has 0 saturated heterocycles. The summed E-state index contributed by atoms with van der Waals surface area (Å²) in [4.78, 5) is 25.2. The van der Waals surface area contributed by atoms with Gasteiger partial charge in [-0.3, -0.25) is 12.8 Å². The summed E-state index contributed by atoms with van der Waals surface area (Å²) in [7, 11) is 0. The van der Waals surface area contributed by atoms with Gasteiger partial charge in [-0.2, -0.15) is 0 Å². The third kappa shape index (κ3) is 5.31. The first-order chi connectivity index (χ1) is 19.2. The van der Waals surface area contributed by atoms with Gasteiger partial charge in [0.05, 0.1) is 5.69 Å². The molecule has 11 heteroatoms. The molecule has 4 bridgehead atoms. The topological polar surface area (TPSA) is 126 Å². The van der Waals surface area contributed by atoms with Gasteiger partial charge in [0.2, 0.25) is 0 Å². The second kappa shape index (κ2) is 10.9. The van der Waals surface area contributed by atoms with E-state index in [-0.39, 0.29) is 23.7 Å². The van der Waals surface area contributed by atoms with E-state index in [2.05, 4.69) is 18.1 Å². The van der Waals surface area contributed by atoms with Crippen molar-refractivity contribution in [2.75, 3.05) is 10.8 Å². The summed E-state index contributed by atoms with van der Waals surface area (Å²) in [5.74, 6) is 0.921. The maximum Gasteiger partial charge on any atom is 0.327 e. The van der Waals surface area contributed by atoms with Crippen LogP contribution in [-0.2, 0) is 16.1 Å². The molecule has 0 aliphatic heterocycles. The minimum Gasteiger partial charge on any atom is -0.755 e. The zero-order valence-corrected chi connectivity index (χ0v) is 23.9. The molecule has 4 saturated carbocycles. The van der Waals surface area contributed by atoms with Gasteiger partial charge in [-0.05, 0) is 99.8 Å². The molecule has 0 spiro atoms. The molecule has 2 atom stereocenters. The maximum atomic E-state index is 13.0. The van der Waals surface area contributed by atoms with Crippen LogP contribution in [0.15, 0.2) is 46.9 Å². The summed E-state index contributed by atoms with van der Waals surface area (Å²) < 4.78 is 32.7. The molecule has 2 amide bonds. The van der Waals surface area contributed by atoms with Gasteiger partial charge in [-0.15, -0.1) is 0 Å². The van der Waals surface area contributed by atoms with Crippen LogP contribution in [0.4, 0.5) is 10.5 Å². The van der Waals surface area contributed by atoms with Crippen molar-refractivity contribution in [3.05, 3.63) is 42.5 Å². The number of hydrogen-bond acceptors (Lipinski definition) is 6. The van der Waals surface area contributed by atoms with Gasteiger partial charge in [-0.25, -0.2) is 9.59 Å². The first-order valence-electron chi connectivity index (χ1n) is 14.0. The number of urea groups is 1. The van der Waals surface area contributed by atoms with E-state index in [1.165, 1.54) is 23.6 Å². The highest BCUT2D eigenvalue weighted by Gasteiger charge is 2.51. The van der Waals surface area contributed by atoms with E-state index in [9.17, 15) is 23.5 Å². The van der Waals surface area contributed by atoms with Crippen LogP contribution in [-0.4, -0.2) is 48.3 Å². The average molecular weight is 585 g/mol. The van der Waals surface area contributed by atoms with Crippen LogP contribution in [0.1, 0.15) is 57.8 Å². The van der Waals surface area contributed by atoms with Crippen LogP contribution >= 0.6 is 12.8 Å². The Morgan fingerprint density at radius 1 is 1.05 bits per heavy atom. The molecule has 40 heavy (non-hydrogen) atoms. The predicted molar refractivity (Wildman–Crippen MR) is 156 cm³/mol. The second-order valence-electron chi connectivity index (χ2n) is 11.9. The van der Waals surface area contributed by atoms with E-state index in [0.717, 1.165) is 46.7 Å². The van der Waals surface area contributed by atoms with Crippen LogP contribution in [0, 0.1) is 17.8 Å². The fourth-order valence-corrected chi connectivity index (χ4v) is 8.70. The van der Waals surface area contributed by atoms with Crippen molar-refractivity contribution in [3.63, 3.8) is 0 Å². The van der Waals surface area contributed by atoms with E-state index in [1.54, 1.807) is 18.2 Å². The number of thiol groups is 1. The number of nitrogens with one attached hydrogen (secondary N) is 1. The maximum absolute atomic E-state index is 13.0. The third-order valence-electron chi connectivity index (χ3n) is 9.09. The van der Waals surface area contributed by atoms with Gasteiger partial charge in [-0.1, -0.05) is 31.0 Å². The average Bonchev–Trinajstić information content (AvgIpc) is 3.26. The van der Waals surface area contributed by atoms with Gasteiger partial charge in [0.1, 0.15) is 17.2 Å². The molecule has 2 aromatic carbocycles. The summed E-state index contributed by atoms with van der Waals surface area (Å²) in [6.45, 7) is 0.334. The number of amides is 2. The number of anilines is 1. The Balaban J connectivity index is 1.08. The van der Waals surface area contributed by atoms with Crippen molar-refractivity contribution >= 4 is 63.7 Å². The van der Waals surface area contributed by atoms with Crippen LogP contribution < -0.4 is 9.62 Å². The van der Waals surface area contributed by atoms with Crippen LogP contribution in [0.2, 0.25) is 0 Å². The van der Waals surface area contributed by atoms with Crippen LogP contribution in [0.25, 0.3) is 21.9 Å². The van der Waals surface area contributed by atoms with E-state index in [4.69, 9.17) is 4.42 Å². The highest BCUT2D eigenvalue weighted by atomic mass is 32.2. The molecule has 4 aliphatic carbocycles. The normalized spacial score (nSPS) is 26.6. The van der Waals surface area contributed by atoms with Crippen LogP contribution in [0.3, 0.4) is 0 Å². The molecule has 4 aliphatic rings. The monoisotopic (exact) mass is 584 g/mol. The van der Waals surface area contributed by atoms with E-state index >= 15 is 0 Å². The lowest BCUT2D eigenvalue weighted by atomic mass is 9.53. The Kier molecular flexibility index (Phi) is 7.47. The van der Waals surface area contributed by atoms with Crippen molar-refractivity contribution < 1.29 is 27.9 Å². The number of carboxylic acid groups (broad SMARTS) is 1. The highest BCUT2D eigenvalue weighted by molar-refractivity contribution is 7.80. The summed E-state index contributed by atoms with van der Waals surface area (Å²) >= 11 is 1.60. The Bertz CT molecular complexity index is 1420. The van der Waals surface area contributed by atoms with Gasteiger partial charge in [0.15, 0.2) is 0 Å². The van der Waals surface area contributed by atoms with Gasteiger partial charge >= 0.3 is 12.0 Å². The largest absolute Gasteiger partial charge is 0.755 e. The number of nitrogens with zero attached hydrogens (tertiary/aromatic N) is 2. The smallest absolute Gasteiger partial charge is 0.327 e. The lowest BCUT2D eigenvalue weighted by molar-refractivity contribution is -0.138. The summed E-state index contributed by atoms with van der Waals surface area (Å²) in [6.07, 6.45) is 8.02. The first kappa shape index (κ1) is 27.4. The van der Waals surface area contributed by atoms with Crippen molar-refractivity contribution in [2.45, 2.75) is 69.4 Å². The molecule has 1 aromatic heterocycles. The lowest BCUT2D eigenvalue weighted by Gasteiger charge is -2.57. The molecule has 3 aromatic rings. The van der Waals surface area contributed by atoms with E-state index in [0.29, 0.717) is 35.9 Å². The number of rotatable bonds is 10. The van der Waals surface area contributed by atoms with Gasteiger partial charge in [0, 0.05) is 34.1 Å². The van der Waals surface area contributed by atoms with Crippen molar-refractivity contribution in [1.82, 2.24) is 9.62 Å². The number of carboxylic acids is 1. The number of hydrogen-bond donors (Lipinski definition) is 3. The number of furan rings is 1. The van der Waals surface area contributed by atoms with Crippen molar-refractivity contribution in [2.24, 2.45) is 17.8 Å². The zero-order valence-electron chi connectivity index (χ0n) is 22.2. The molecule has 0 radical (unpaired) electrons. The molecular weight excluding hydrogens is 550 g/mol. The van der Waals surface area contributed by atoms with Gasteiger partial charge in [0.25, 0.3) is 0 Å². The molecule has 7 rings (SSSR count). The highest BCUT2D eigenvalue weighted by Crippen LogP contribution is 2.55. The number of para-hydroxylation sites is 1. The minimum absolute atomic E-state index is 0.0890. The number of unbranched alkanes of at least 4 members (excludes halogenated alkanes) is 1. The molecule has 9 nitrogen and oxygen atoms in total. The summed E-state index contributed by atoms with van der Waals surface area (Å²) in [5, 5.41) is 14.8. The quantitative estimate of drug-likeness (QED) is 0.161. The Hall–Kier alpha value is -2.76. The number of carbonyl (C=O) groups excluding carboxylic acids is 1. The van der Waals surface area contributed by atoms with E-state index in [1.807, 2.05) is 24.3 Å². The Labute approximate surface area is 241 Å². The lowest BCUT2D eigenvalue weighted by Crippen LogP contribution is -2.61. The first-order valence-corrected chi connectivity index (χ1v) is 15.5. The standard InChI is InChI=1S/C29H35N3O6S2/c33-27(34)24(32(40(36)37)21-8-9-26-23(14-21)22-5-1-2-7-25(22)38-26)6-3-4-10-31(39)28(35)30-29-15-18-11-19(16-29)13-20(12-18)17-29/h1-2,5,7-9,14,18-20,24,39H,3-4,6,10-13,15-17H2,(H,30,35)(H,33,34)(H,36,37)/p-1. The molecule has 2 N–H and O–H groups in total. The predicted octanol–water partition coefficient (Wildman–Crippen LogP) is 5.64. The summed E-state index contributed by atoms with van der Waals surface area (Å²) in [5.41, 5.74) is 1.41. The third-order valence-corrected chi connectivity index (χ3v) is 10.3. The zero-order chi connectivity index (χ0) is 28.0. The minimum atomic E-state index is -2.82. The van der Waals surface area contributed by atoms with Crippen LogP contribution in [0.5, 0.6) is 0 Å². The summed E-state index contributed by atoms with van der Waals surface area (Å²) in [6, 6.07) is 10.8. The Morgan fingerprint density at radius 2 is 1.70 bits per heavy atom. The molecule has 214 valence electrons. The fourth-order valence-electron chi connectivity index (χ4n) is 7.82.